The fourth-order valence-corrected chi connectivity index (χ4v) is 2.30. The van der Waals surface area contributed by atoms with Gasteiger partial charge in [-0.2, -0.15) is 0 Å². The highest BCUT2D eigenvalue weighted by Gasteiger charge is 2.16. The fourth-order valence-electron chi connectivity index (χ4n) is 1.70. The third-order valence-corrected chi connectivity index (χ3v) is 3.94. The van der Waals surface area contributed by atoms with Gasteiger partial charge >= 0.3 is 5.97 Å². The number of anilines is 1. The number of hydrogen-bond acceptors (Lipinski definition) is 3. The van der Waals surface area contributed by atoms with Crippen molar-refractivity contribution in [2.75, 3.05) is 11.1 Å². The Bertz CT molecular complexity index is 474. The van der Waals surface area contributed by atoms with Crippen molar-refractivity contribution in [1.82, 2.24) is 0 Å². The molecular weight excluding hydrogens is 262 g/mol. The maximum atomic E-state index is 12.0. The molecule has 0 bridgehead atoms. The highest BCUT2D eigenvalue weighted by Crippen LogP contribution is 2.22. The van der Waals surface area contributed by atoms with E-state index in [-0.39, 0.29) is 16.9 Å². The molecule has 0 aliphatic rings. The number of rotatable bonds is 6. The van der Waals surface area contributed by atoms with Gasteiger partial charge in [0.25, 0.3) is 0 Å². The molecule has 0 spiro atoms. The molecule has 0 aliphatic heterocycles. The second kappa shape index (κ2) is 7.19. The summed E-state index contributed by atoms with van der Waals surface area (Å²) in [6.45, 7) is 5.70. The van der Waals surface area contributed by atoms with Gasteiger partial charge in [0.05, 0.1) is 11.0 Å². The Hall–Kier alpha value is -1.49. The summed E-state index contributed by atoms with van der Waals surface area (Å²) in [6, 6.07) is 5.90. The van der Waals surface area contributed by atoms with Gasteiger partial charge in [-0.05, 0) is 31.4 Å². The van der Waals surface area contributed by atoms with Crippen molar-refractivity contribution in [2.45, 2.75) is 32.4 Å². The number of aryl methyl sites for hydroxylation is 2. The maximum absolute atomic E-state index is 12.0. The van der Waals surface area contributed by atoms with E-state index in [1.807, 2.05) is 32.0 Å². The number of thioether (sulfide) groups is 1. The number of benzene rings is 1. The molecule has 104 valence electrons. The number of amides is 1. The van der Waals surface area contributed by atoms with E-state index in [1.165, 1.54) is 0 Å². The average Bonchev–Trinajstić information content (AvgIpc) is 2.37. The highest BCUT2D eigenvalue weighted by molar-refractivity contribution is 8.01. The minimum absolute atomic E-state index is 0.0665. The molecule has 2 N–H and O–H groups in total. The van der Waals surface area contributed by atoms with E-state index in [0.29, 0.717) is 0 Å². The Kier molecular flexibility index (Phi) is 5.89. The van der Waals surface area contributed by atoms with Crippen LogP contribution in [-0.2, 0) is 16.0 Å². The van der Waals surface area contributed by atoms with Gasteiger partial charge < -0.3 is 10.4 Å². The number of carbonyl (C=O) groups is 2. The predicted octanol–water partition coefficient (Wildman–Crippen LogP) is 2.70. The maximum Gasteiger partial charge on any atom is 0.313 e. The fraction of sp³-hybridized carbons (Fsp3) is 0.429. The second-order valence-electron chi connectivity index (χ2n) is 4.30. The zero-order valence-corrected chi connectivity index (χ0v) is 12.2. The van der Waals surface area contributed by atoms with Gasteiger partial charge in [0.15, 0.2) is 0 Å². The van der Waals surface area contributed by atoms with Gasteiger partial charge in [0.2, 0.25) is 5.91 Å². The van der Waals surface area contributed by atoms with E-state index in [1.54, 1.807) is 6.92 Å². The van der Waals surface area contributed by atoms with Gasteiger partial charge in [-0.3, -0.25) is 9.59 Å². The summed E-state index contributed by atoms with van der Waals surface area (Å²) in [4.78, 5) is 22.5. The number of aliphatic carboxylic acids is 1. The van der Waals surface area contributed by atoms with E-state index >= 15 is 0 Å². The smallest absolute Gasteiger partial charge is 0.313 e. The van der Waals surface area contributed by atoms with Crippen LogP contribution >= 0.6 is 11.8 Å². The summed E-state index contributed by atoms with van der Waals surface area (Å²) in [5.74, 6) is -1.13. The van der Waals surface area contributed by atoms with Crippen molar-refractivity contribution < 1.29 is 14.7 Å². The molecule has 1 aromatic rings. The van der Waals surface area contributed by atoms with E-state index in [9.17, 15) is 9.59 Å². The van der Waals surface area contributed by atoms with Crippen molar-refractivity contribution in [3.05, 3.63) is 29.3 Å². The molecule has 0 saturated carbocycles. The summed E-state index contributed by atoms with van der Waals surface area (Å²) in [6.07, 6.45) is 0.841. The number of carbonyl (C=O) groups excluding carboxylic acids is 1. The zero-order valence-electron chi connectivity index (χ0n) is 11.4. The standard InChI is InChI=1S/C14H19NO3S/c1-4-11-7-5-6-9(2)13(11)15-14(18)10(3)19-8-12(16)17/h5-7,10H,4,8H2,1-3H3,(H,15,18)(H,16,17). The van der Waals surface area contributed by atoms with E-state index < -0.39 is 5.97 Å². The number of nitrogens with one attached hydrogen (secondary N) is 1. The molecule has 4 nitrogen and oxygen atoms in total. The number of carboxylic acids is 1. The molecule has 1 amide bonds. The predicted molar refractivity (Wildman–Crippen MR) is 78.7 cm³/mol. The molecular formula is C14H19NO3S. The summed E-state index contributed by atoms with van der Waals surface area (Å²) in [7, 11) is 0. The first-order chi connectivity index (χ1) is 8.95. The lowest BCUT2D eigenvalue weighted by Crippen LogP contribution is -2.24. The minimum atomic E-state index is -0.908. The van der Waals surface area contributed by atoms with Crippen molar-refractivity contribution in [3.8, 4) is 0 Å². The Morgan fingerprint density at radius 2 is 2.11 bits per heavy atom. The van der Waals surface area contributed by atoms with Crippen LogP contribution in [0.3, 0.4) is 0 Å². The Morgan fingerprint density at radius 1 is 1.42 bits per heavy atom. The van der Waals surface area contributed by atoms with Gasteiger partial charge in [-0.25, -0.2) is 0 Å². The normalized spacial score (nSPS) is 11.9. The van der Waals surface area contributed by atoms with Crippen molar-refractivity contribution in [1.29, 1.82) is 0 Å². The Labute approximate surface area is 117 Å². The van der Waals surface area contributed by atoms with Crippen molar-refractivity contribution >= 4 is 29.3 Å². The van der Waals surface area contributed by atoms with Crippen LogP contribution < -0.4 is 5.32 Å². The average molecular weight is 281 g/mol. The summed E-state index contributed by atoms with van der Waals surface area (Å²) in [5.41, 5.74) is 2.95. The van der Waals surface area contributed by atoms with Crippen LogP contribution in [0.5, 0.6) is 0 Å². The van der Waals surface area contributed by atoms with Crippen LogP contribution in [0.15, 0.2) is 18.2 Å². The van der Waals surface area contributed by atoms with Crippen molar-refractivity contribution in [2.24, 2.45) is 0 Å². The van der Waals surface area contributed by atoms with Crippen molar-refractivity contribution in [3.63, 3.8) is 0 Å². The summed E-state index contributed by atoms with van der Waals surface area (Å²) in [5, 5.41) is 11.1. The monoisotopic (exact) mass is 281 g/mol. The number of para-hydroxylation sites is 1. The lowest BCUT2D eigenvalue weighted by Gasteiger charge is -2.15. The Balaban J connectivity index is 2.74. The molecule has 0 aliphatic carbocycles. The first-order valence-electron chi connectivity index (χ1n) is 6.18. The topological polar surface area (TPSA) is 66.4 Å². The molecule has 0 aromatic heterocycles. The number of hydrogen-bond donors (Lipinski definition) is 2. The van der Waals surface area contributed by atoms with Gasteiger partial charge in [-0.15, -0.1) is 11.8 Å². The van der Waals surface area contributed by atoms with E-state index in [2.05, 4.69) is 5.32 Å². The van der Waals surface area contributed by atoms with E-state index in [0.717, 1.165) is 35.0 Å². The van der Waals surface area contributed by atoms with Crippen LogP contribution in [0, 0.1) is 6.92 Å². The molecule has 19 heavy (non-hydrogen) atoms. The first kappa shape index (κ1) is 15.6. The molecule has 1 atom stereocenters. The molecule has 1 rings (SSSR count). The molecule has 5 heteroatoms. The zero-order chi connectivity index (χ0) is 14.4. The molecule has 0 radical (unpaired) electrons. The van der Waals surface area contributed by atoms with Crippen LogP contribution in [0.1, 0.15) is 25.0 Å². The molecule has 1 unspecified atom stereocenters. The van der Waals surface area contributed by atoms with Crippen LogP contribution in [0.25, 0.3) is 0 Å². The molecule has 0 fully saturated rings. The SMILES string of the molecule is CCc1cccc(C)c1NC(=O)C(C)SCC(=O)O. The van der Waals surface area contributed by atoms with Gasteiger partial charge in [0, 0.05) is 5.69 Å². The van der Waals surface area contributed by atoms with Crippen LogP contribution in [-0.4, -0.2) is 28.0 Å². The summed E-state index contributed by atoms with van der Waals surface area (Å²) >= 11 is 1.12. The second-order valence-corrected chi connectivity index (χ2v) is 5.63. The van der Waals surface area contributed by atoms with E-state index in [4.69, 9.17) is 5.11 Å². The molecule has 0 saturated heterocycles. The third kappa shape index (κ3) is 4.59. The highest BCUT2D eigenvalue weighted by atomic mass is 32.2. The first-order valence-corrected chi connectivity index (χ1v) is 7.23. The van der Waals surface area contributed by atoms with Gasteiger partial charge in [0.1, 0.15) is 0 Å². The third-order valence-electron chi connectivity index (χ3n) is 2.81. The largest absolute Gasteiger partial charge is 0.481 e. The van der Waals surface area contributed by atoms with Gasteiger partial charge in [-0.1, -0.05) is 25.1 Å². The number of carboxylic acid groups (broad SMARTS) is 1. The summed E-state index contributed by atoms with van der Waals surface area (Å²) < 4.78 is 0. The lowest BCUT2D eigenvalue weighted by molar-refractivity contribution is -0.133. The molecule has 0 heterocycles. The lowest BCUT2D eigenvalue weighted by atomic mass is 10.1. The minimum Gasteiger partial charge on any atom is -0.481 e. The Morgan fingerprint density at radius 3 is 2.68 bits per heavy atom. The van der Waals surface area contributed by atoms with Crippen LogP contribution in [0.2, 0.25) is 0 Å². The quantitative estimate of drug-likeness (QED) is 0.841. The van der Waals surface area contributed by atoms with Crippen LogP contribution in [0.4, 0.5) is 5.69 Å². The molecule has 1 aromatic carbocycles.